The number of hydrogen-bond donors (Lipinski definition) is 2. The molecule has 1 atom stereocenters. The summed E-state index contributed by atoms with van der Waals surface area (Å²) in [5.74, 6) is 0.339. The molecule has 1 unspecified atom stereocenters. The first-order chi connectivity index (χ1) is 7.79. The Kier molecular flexibility index (Phi) is 4.01. The van der Waals surface area contributed by atoms with Gasteiger partial charge in [-0.3, -0.25) is 4.90 Å². The molecular weight excluding hydrogens is 204 g/mol. The zero-order chi connectivity index (χ0) is 11.4. The van der Waals surface area contributed by atoms with Crippen molar-refractivity contribution in [1.82, 2.24) is 9.80 Å². The molecule has 2 heterocycles. The minimum Gasteiger partial charge on any atom is -0.409 e. The number of nitrogens with two attached hydrogens (primary N) is 1. The predicted molar refractivity (Wildman–Crippen MR) is 63.7 cm³/mol. The Bertz CT molecular complexity index is 256. The molecule has 0 aromatic heterocycles. The van der Waals surface area contributed by atoms with Crippen LogP contribution in [0.15, 0.2) is 5.16 Å². The van der Waals surface area contributed by atoms with Crippen LogP contribution in [0, 0.1) is 0 Å². The monoisotopic (exact) mass is 226 g/mol. The fraction of sp³-hybridized carbons (Fsp3) is 0.909. The summed E-state index contributed by atoms with van der Waals surface area (Å²) in [6.07, 6.45) is 4.74. The van der Waals surface area contributed by atoms with Gasteiger partial charge in [-0.1, -0.05) is 11.6 Å². The second-order valence-corrected chi connectivity index (χ2v) is 4.83. The fourth-order valence-corrected chi connectivity index (χ4v) is 2.75. The molecule has 2 aliphatic heterocycles. The first kappa shape index (κ1) is 11.7. The zero-order valence-electron chi connectivity index (χ0n) is 9.81. The molecule has 2 saturated heterocycles. The number of piperazine rings is 1. The van der Waals surface area contributed by atoms with E-state index in [4.69, 9.17) is 10.9 Å². The molecule has 3 N–H and O–H groups in total. The summed E-state index contributed by atoms with van der Waals surface area (Å²) in [6.45, 7) is 5.65. The van der Waals surface area contributed by atoms with Gasteiger partial charge in [0.2, 0.25) is 0 Å². The molecule has 92 valence electrons. The fourth-order valence-electron chi connectivity index (χ4n) is 2.75. The maximum Gasteiger partial charge on any atom is 0.140 e. The first-order valence-electron chi connectivity index (χ1n) is 6.22. The van der Waals surface area contributed by atoms with Crippen molar-refractivity contribution in [2.75, 3.05) is 32.7 Å². The summed E-state index contributed by atoms with van der Waals surface area (Å²) in [5.41, 5.74) is 5.48. The van der Waals surface area contributed by atoms with Crippen LogP contribution in [0.1, 0.15) is 25.7 Å². The van der Waals surface area contributed by atoms with Crippen LogP contribution in [-0.2, 0) is 0 Å². The number of hydrogen-bond acceptors (Lipinski definition) is 4. The molecule has 0 aromatic carbocycles. The van der Waals surface area contributed by atoms with Crippen LogP contribution in [0.3, 0.4) is 0 Å². The number of oxime groups is 1. The Morgan fingerprint density at radius 1 is 1.31 bits per heavy atom. The van der Waals surface area contributed by atoms with Gasteiger partial charge < -0.3 is 15.8 Å². The van der Waals surface area contributed by atoms with Gasteiger partial charge in [-0.2, -0.15) is 0 Å². The Hall–Kier alpha value is -0.810. The lowest BCUT2D eigenvalue weighted by molar-refractivity contribution is 0.0507. The molecule has 2 fully saturated rings. The minimum atomic E-state index is 0.339. The van der Waals surface area contributed by atoms with Crippen molar-refractivity contribution in [3.05, 3.63) is 0 Å². The lowest BCUT2D eigenvalue weighted by Gasteiger charge is -2.44. The van der Waals surface area contributed by atoms with Crippen LogP contribution in [0.2, 0.25) is 0 Å². The molecule has 2 rings (SSSR count). The van der Waals surface area contributed by atoms with E-state index in [0.717, 1.165) is 25.7 Å². The molecule has 0 aliphatic carbocycles. The van der Waals surface area contributed by atoms with E-state index in [9.17, 15) is 0 Å². The number of rotatable bonds is 3. The summed E-state index contributed by atoms with van der Waals surface area (Å²) in [4.78, 5) is 5.05. The van der Waals surface area contributed by atoms with Crippen molar-refractivity contribution in [2.45, 2.75) is 31.7 Å². The number of piperidine rings is 1. The molecular formula is C11H22N4O. The second kappa shape index (κ2) is 5.50. The molecule has 0 aromatic rings. The van der Waals surface area contributed by atoms with Gasteiger partial charge >= 0.3 is 0 Å². The summed E-state index contributed by atoms with van der Waals surface area (Å²) < 4.78 is 0. The van der Waals surface area contributed by atoms with Gasteiger partial charge in [0.1, 0.15) is 5.84 Å². The van der Waals surface area contributed by atoms with Crippen LogP contribution in [0.5, 0.6) is 0 Å². The molecule has 0 bridgehead atoms. The molecule has 0 spiro atoms. The molecule has 5 heteroatoms. The van der Waals surface area contributed by atoms with Crippen LogP contribution in [-0.4, -0.2) is 59.6 Å². The molecule has 16 heavy (non-hydrogen) atoms. The van der Waals surface area contributed by atoms with Crippen molar-refractivity contribution < 1.29 is 5.21 Å². The molecule has 0 radical (unpaired) electrons. The third kappa shape index (κ3) is 2.86. The van der Waals surface area contributed by atoms with E-state index < -0.39 is 0 Å². The largest absolute Gasteiger partial charge is 0.409 e. The zero-order valence-corrected chi connectivity index (χ0v) is 9.81. The van der Waals surface area contributed by atoms with E-state index in [2.05, 4.69) is 15.0 Å². The maximum absolute atomic E-state index is 8.49. The van der Waals surface area contributed by atoms with Crippen LogP contribution in [0.25, 0.3) is 0 Å². The van der Waals surface area contributed by atoms with E-state index in [-0.39, 0.29) is 0 Å². The maximum atomic E-state index is 8.49. The van der Waals surface area contributed by atoms with Crippen molar-refractivity contribution >= 4 is 5.84 Å². The predicted octanol–water partition coefficient (Wildman–Crippen LogP) is 0.293. The quantitative estimate of drug-likeness (QED) is 0.314. The average Bonchev–Trinajstić information content (AvgIpc) is 2.35. The second-order valence-electron chi connectivity index (χ2n) is 4.83. The van der Waals surface area contributed by atoms with Gasteiger partial charge in [-0.15, -0.1) is 0 Å². The molecule has 2 aliphatic rings. The van der Waals surface area contributed by atoms with Crippen molar-refractivity contribution in [1.29, 1.82) is 0 Å². The Balaban J connectivity index is 1.76. The van der Waals surface area contributed by atoms with Crippen molar-refractivity contribution in [3.63, 3.8) is 0 Å². The minimum absolute atomic E-state index is 0.339. The number of amidine groups is 1. The van der Waals surface area contributed by atoms with Gasteiger partial charge in [0.15, 0.2) is 0 Å². The molecule has 5 nitrogen and oxygen atoms in total. The summed E-state index contributed by atoms with van der Waals surface area (Å²) in [6, 6.07) is 0.745. The molecule has 0 amide bonds. The van der Waals surface area contributed by atoms with E-state index >= 15 is 0 Å². The van der Waals surface area contributed by atoms with Crippen molar-refractivity contribution in [3.8, 4) is 0 Å². The van der Waals surface area contributed by atoms with E-state index in [1.165, 1.54) is 32.4 Å². The van der Waals surface area contributed by atoms with E-state index in [1.807, 2.05) is 0 Å². The lowest BCUT2D eigenvalue weighted by Crippen LogP contribution is -2.55. The van der Waals surface area contributed by atoms with E-state index in [1.54, 1.807) is 0 Å². The van der Waals surface area contributed by atoms with Crippen LogP contribution in [0.4, 0.5) is 0 Å². The lowest BCUT2D eigenvalue weighted by atomic mass is 9.99. The normalized spacial score (nSPS) is 29.0. The van der Waals surface area contributed by atoms with Crippen molar-refractivity contribution in [2.24, 2.45) is 10.9 Å². The van der Waals surface area contributed by atoms with Gasteiger partial charge in [0, 0.05) is 38.6 Å². The number of nitrogens with zero attached hydrogens (tertiary/aromatic N) is 3. The van der Waals surface area contributed by atoms with Gasteiger partial charge in [0.05, 0.1) is 0 Å². The highest BCUT2D eigenvalue weighted by molar-refractivity contribution is 5.79. The van der Waals surface area contributed by atoms with Gasteiger partial charge in [-0.05, 0) is 19.4 Å². The first-order valence-corrected chi connectivity index (χ1v) is 6.22. The highest BCUT2D eigenvalue weighted by Crippen LogP contribution is 2.20. The summed E-state index contributed by atoms with van der Waals surface area (Å²) in [5, 5.41) is 11.5. The third-order valence-electron chi connectivity index (χ3n) is 3.73. The standard InChI is InChI=1S/C11H22N4O/c12-11(13-16)4-6-14-7-8-15-5-2-1-3-10(15)9-14/h10,16H,1-9H2,(H2,12,13). The average molecular weight is 226 g/mol. The van der Waals surface area contributed by atoms with E-state index in [0.29, 0.717) is 12.3 Å². The highest BCUT2D eigenvalue weighted by atomic mass is 16.4. The topological polar surface area (TPSA) is 65.1 Å². The SMILES string of the molecule is NC(CCN1CCN2CCCCC2C1)=NO. The number of fused-ring (bicyclic) bond motifs is 1. The smallest absolute Gasteiger partial charge is 0.140 e. The van der Waals surface area contributed by atoms with Crippen LogP contribution >= 0.6 is 0 Å². The van der Waals surface area contributed by atoms with Crippen LogP contribution < -0.4 is 5.73 Å². The van der Waals surface area contributed by atoms with Gasteiger partial charge in [-0.25, -0.2) is 0 Å². The highest BCUT2D eigenvalue weighted by Gasteiger charge is 2.28. The third-order valence-corrected chi connectivity index (χ3v) is 3.73. The summed E-state index contributed by atoms with van der Waals surface area (Å²) >= 11 is 0. The molecule has 0 saturated carbocycles. The Labute approximate surface area is 96.9 Å². The Morgan fingerprint density at radius 2 is 2.19 bits per heavy atom. The summed E-state index contributed by atoms with van der Waals surface area (Å²) in [7, 11) is 0. The Morgan fingerprint density at radius 3 is 3.00 bits per heavy atom. The van der Waals surface area contributed by atoms with Gasteiger partial charge in [0.25, 0.3) is 0 Å².